The van der Waals surface area contributed by atoms with Crippen LogP contribution in [0.5, 0.6) is 0 Å². The van der Waals surface area contributed by atoms with Gasteiger partial charge in [-0.25, -0.2) is 4.79 Å². The maximum atomic E-state index is 12.2. The second-order valence-electron chi connectivity index (χ2n) is 4.94. The van der Waals surface area contributed by atoms with E-state index in [0.717, 1.165) is 24.6 Å². The second-order valence-corrected chi connectivity index (χ2v) is 4.94. The lowest BCUT2D eigenvalue weighted by atomic mass is 10.1. The summed E-state index contributed by atoms with van der Waals surface area (Å²) in [5.74, 6) is -1.48. The lowest BCUT2D eigenvalue weighted by Crippen LogP contribution is -2.41. The van der Waals surface area contributed by atoms with Gasteiger partial charge in [-0.05, 0) is 6.42 Å². The molecule has 24 heavy (non-hydrogen) atoms. The average Bonchev–Trinajstić information content (AvgIpc) is 2.56. The molecule has 0 heterocycles. The molecule has 0 spiro atoms. The van der Waals surface area contributed by atoms with Gasteiger partial charge in [-0.2, -0.15) is 0 Å². The van der Waals surface area contributed by atoms with Crippen molar-refractivity contribution in [3.63, 3.8) is 0 Å². The topological polar surface area (TPSA) is 142 Å². The number of rotatable bonds is 8. The van der Waals surface area contributed by atoms with E-state index in [2.05, 4.69) is 10.1 Å². The summed E-state index contributed by atoms with van der Waals surface area (Å²) in [5, 5.41) is 24.1. The van der Waals surface area contributed by atoms with Crippen LogP contribution < -0.4 is 5.32 Å². The van der Waals surface area contributed by atoms with E-state index in [9.17, 15) is 29.8 Å². The van der Waals surface area contributed by atoms with Crippen molar-refractivity contribution in [2.24, 2.45) is 0 Å². The predicted octanol–water partition coefficient (Wildman–Crippen LogP) is 1.96. The minimum Gasteiger partial charge on any atom is -0.467 e. The fraction of sp³-hybridized carbons (Fsp3) is 0.429. The number of methoxy groups -OCH3 is 1. The molecule has 1 aromatic carbocycles. The van der Waals surface area contributed by atoms with Crippen LogP contribution in [0.4, 0.5) is 11.4 Å². The van der Waals surface area contributed by atoms with E-state index < -0.39 is 39.1 Å². The monoisotopic (exact) mass is 339 g/mol. The van der Waals surface area contributed by atoms with Crippen molar-refractivity contribution in [3.05, 3.63) is 44.0 Å². The first-order valence-electron chi connectivity index (χ1n) is 7.12. The highest BCUT2D eigenvalue weighted by Gasteiger charge is 2.24. The number of amides is 1. The smallest absolute Gasteiger partial charge is 0.328 e. The van der Waals surface area contributed by atoms with Crippen LogP contribution in [0, 0.1) is 20.2 Å². The van der Waals surface area contributed by atoms with Crippen molar-refractivity contribution in [1.82, 2.24) is 5.32 Å². The highest BCUT2D eigenvalue weighted by Crippen LogP contribution is 2.22. The van der Waals surface area contributed by atoms with E-state index in [1.165, 1.54) is 7.11 Å². The van der Waals surface area contributed by atoms with Gasteiger partial charge in [-0.15, -0.1) is 0 Å². The van der Waals surface area contributed by atoms with E-state index in [0.29, 0.717) is 12.8 Å². The zero-order chi connectivity index (χ0) is 18.3. The van der Waals surface area contributed by atoms with Crippen LogP contribution in [0.3, 0.4) is 0 Å². The van der Waals surface area contributed by atoms with E-state index in [4.69, 9.17) is 0 Å². The molecule has 10 nitrogen and oxygen atoms in total. The van der Waals surface area contributed by atoms with E-state index >= 15 is 0 Å². The summed E-state index contributed by atoms with van der Waals surface area (Å²) in [6, 6.07) is 1.65. The maximum absolute atomic E-state index is 12.2. The Bertz CT molecular complexity index is 628. The Morgan fingerprint density at radius 1 is 1.17 bits per heavy atom. The first-order chi connectivity index (χ1) is 11.3. The first-order valence-corrected chi connectivity index (χ1v) is 7.12. The number of nitro groups is 2. The van der Waals surface area contributed by atoms with Gasteiger partial charge in [-0.1, -0.05) is 19.8 Å². The summed E-state index contributed by atoms with van der Waals surface area (Å²) in [7, 11) is 1.17. The lowest BCUT2D eigenvalue weighted by molar-refractivity contribution is -0.394. The van der Waals surface area contributed by atoms with Crippen LogP contribution in [0.2, 0.25) is 0 Å². The third kappa shape index (κ3) is 5.00. The van der Waals surface area contributed by atoms with Gasteiger partial charge >= 0.3 is 5.97 Å². The molecule has 0 saturated heterocycles. The van der Waals surface area contributed by atoms with E-state index in [1.807, 2.05) is 6.92 Å². The van der Waals surface area contributed by atoms with E-state index in [1.54, 1.807) is 0 Å². The zero-order valence-corrected chi connectivity index (χ0v) is 13.2. The number of ether oxygens (including phenoxy) is 1. The number of nitro benzene ring substituents is 2. The molecule has 0 saturated carbocycles. The molecule has 0 aliphatic rings. The molecule has 0 fully saturated rings. The first kappa shape index (κ1) is 19.0. The Hall–Kier alpha value is -3.04. The van der Waals surface area contributed by atoms with Gasteiger partial charge in [0.25, 0.3) is 17.3 Å². The van der Waals surface area contributed by atoms with Crippen molar-refractivity contribution in [2.45, 2.75) is 32.2 Å². The fourth-order valence-corrected chi connectivity index (χ4v) is 1.98. The third-order valence-corrected chi connectivity index (χ3v) is 3.22. The van der Waals surface area contributed by atoms with Crippen LogP contribution >= 0.6 is 0 Å². The highest BCUT2D eigenvalue weighted by molar-refractivity contribution is 5.97. The molecule has 1 rings (SSSR count). The van der Waals surface area contributed by atoms with Crippen molar-refractivity contribution in [3.8, 4) is 0 Å². The van der Waals surface area contributed by atoms with Crippen LogP contribution in [0.15, 0.2) is 18.2 Å². The Labute approximate surface area is 137 Å². The second kappa shape index (κ2) is 8.56. The van der Waals surface area contributed by atoms with Crippen molar-refractivity contribution < 1.29 is 24.2 Å². The SMILES string of the molecule is CCCC[C@H](NC(=O)c1cc([N+](=O)[O-])cc([N+](=O)[O-])c1)C(=O)OC. The van der Waals surface area contributed by atoms with E-state index in [-0.39, 0.29) is 5.56 Å². The van der Waals surface area contributed by atoms with Gasteiger partial charge in [-0.3, -0.25) is 25.0 Å². The van der Waals surface area contributed by atoms with Gasteiger partial charge < -0.3 is 10.1 Å². The van der Waals surface area contributed by atoms with Crippen LogP contribution in [-0.2, 0) is 9.53 Å². The Balaban J connectivity index is 3.09. The quantitative estimate of drug-likeness (QED) is 0.433. The molecule has 0 unspecified atom stereocenters. The van der Waals surface area contributed by atoms with Gasteiger partial charge in [0.1, 0.15) is 6.04 Å². The number of nitrogens with zero attached hydrogens (tertiary/aromatic N) is 2. The zero-order valence-electron chi connectivity index (χ0n) is 13.2. The Morgan fingerprint density at radius 2 is 1.71 bits per heavy atom. The molecule has 0 aliphatic carbocycles. The number of nitrogens with one attached hydrogen (secondary N) is 1. The van der Waals surface area contributed by atoms with Crippen LogP contribution in [-0.4, -0.2) is 34.9 Å². The number of non-ortho nitro benzene ring substituents is 2. The molecular weight excluding hydrogens is 322 g/mol. The summed E-state index contributed by atoms with van der Waals surface area (Å²) in [5.41, 5.74) is -1.45. The summed E-state index contributed by atoms with van der Waals surface area (Å²) in [6.07, 6.45) is 1.76. The van der Waals surface area contributed by atoms with Crippen molar-refractivity contribution >= 4 is 23.3 Å². The van der Waals surface area contributed by atoms with Gasteiger partial charge in [0.2, 0.25) is 0 Å². The highest BCUT2D eigenvalue weighted by atomic mass is 16.6. The number of unbranched alkanes of at least 4 members (excludes halogenated alkanes) is 1. The molecule has 1 amide bonds. The molecule has 1 aromatic rings. The van der Waals surface area contributed by atoms with Gasteiger partial charge in [0.15, 0.2) is 0 Å². The molecule has 0 bridgehead atoms. The molecule has 0 radical (unpaired) electrons. The molecule has 10 heteroatoms. The largest absolute Gasteiger partial charge is 0.467 e. The Morgan fingerprint density at radius 3 is 2.12 bits per heavy atom. The Kier molecular flexibility index (Phi) is 6.78. The number of carbonyl (C=O) groups excluding carboxylic acids is 2. The predicted molar refractivity (Wildman–Crippen MR) is 82.5 cm³/mol. The third-order valence-electron chi connectivity index (χ3n) is 3.22. The van der Waals surface area contributed by atoms with Crippen molar-refractivity contribution in [1.29, 1.82) is 0 Å². The number of hydrogen-bond acceptors (Lipinski definition) is 7. The van der Waals surface area contributed by atoms with Gasteiger partial charge in [0, 0.05) is 12.1 Å². The molecule has 0 aromatic heterocycles. The summed E-state index contributed by atoms with van der Waals surface area (Å²) in [6.45, 7) is 1.90. The minimum absolute atomic E-state index is 0.277. The maximum Gasteiger partial charge on any atom is 0.328 e. The molecular formula is C14H17N3O7. The van der Waals surface area contributed by atoms with Gasteiger partial charge in [0.05, 0.1) is 28.6 Å². The standard InChI is InChI=1S/C14H17N3O7/c1-3-4-5-12(14(19)24-2)15-13(18)9-6-10(16(20)21)8-11(7-9)17(22)23/h6-8,12H,3-5H2,1-2H3,(H,15,18)/t12-/m0/s1. The average molecular weight is 339 g/mol. The number of esters is 1. The summed E-state index contributed by atoms with van der Waals surface area (Å²) < 4.78 is 4.60. The summed E-state index contributed by atoms with van der Waals surface area (Å²) >= 11 is 0. The number of carbonyl (C=O) groups is 2. The fourth-order valence-electron chi connectivity index (χ4n) is 1.98. The van der Waals surface area contributed by atoms with Crippen LogP contribution in [0.25, 0.3) is 0 Å². The van der Waals surface area contributed by atoms with Crippen molar-refractivity contribution in [2.75, 3.05) is 7.11 Å². The van der Waals surface area contributed by atoms with Crippen LogP contribution in [0.1, 0.15) is 36.5 Å². The number of benzene rings is 1. The normalized spacial score (nSPS) is 11.4. The lowest BCUT2D eigenvalue weighted by Gasteiger charge is -2.16. The molecule has 130 valence electrons. The molecule has 1 atom stereocenters. The number of hydrogen-bond donors (Lipinski definition) is 1. The molecule has 0 aliphatic heterocycles. The minimum atomic E-state index is -0.930. The molecule has 1 N–H and O–H groups in total. The summed E-state index contributed by atoms with van der Waals surface area (Å²) in [4.78, 5) is 43.9.